The first-order valence-electron chi connectivity index (χ1n) is 7.97. The van der Waals surface area contributed by atoms with Gasteiger partial charge in [-0.05, 0) is 31.6 Å². The van der Waals surface area contributed by atoms with Gasteiger partial charge in [0.2, 0.25) is 0 Å². The predicted octanol–water partition coefficient (Wildman–Crippen LogP) is 3.41. The van der Waals surface area contributed by atoms with E-state index in [9.17, 15) is 4.79 Å². The Morgan fingerprint density at radius 3 is 2.70 bits per heavy atom. The predicted molar refractivity (Wildman–Crippen MR) is 79.4 cm³/mol. The second-order valence-electron chi connectivity index (χ2n) is 6.58. The van der Waals surface area contributed by atoms with E-state index in [-0.39, 0.29) is 5.41 Å². The van der Waals surface area contributed by atoms with Crippen LogP contribution in [0.2, 0.25) is 0 Å². The van der Waals surface area contributed by atoms with Gasteiger partial charge in [0.15, 0.2) is 0 Å². The van der Waals surface area contributed by atoms with Gasteiger partial charge in [0.25, 0.3) is 0 Å². The average Bonchev–Trinajstić information content (AvgIpc) is 3.00. The Labute approximate surface area is 122 Å². The molecule has 0 N–H and O–H groups in total. The molecule has 1 heterocycles. The molecule has 1 aliphatic carbocycles. The number of aryl methyl sites for hydroxylation is 1. The first kappa shape index (κ1) is 15.2. The maximum absolute atomic E-state index is 12.8. The molecule has 0 atom stereocenters. The molecule has 4 nitrogen and oxygen atoms in total. The number of rotatable bonds is 7. The standard InChI is InChI=1S/C16H27N3O/c1-4-9-19-15(17-12-18-19)10-14(20)16(11-13(2)3)7-5-6-8-16/h12-13H,4-11H2,1-3H3. The fraction of sp³-hybridized carbons (Fsp3) is 0.812. The third-order valence-corrected chi connectivity index (χ3v) is 4.40. The molecule has 0 radical (unpaired) electrons. The van der Waals surface area contributed by atoms with Crippen molar-refractivity contribution in [2.75, 3.05) is 0 Å². The maximum atomic E-state index is 12.8. The topological polar surface area (TPSA) is 47.8 Å². The molecule has 4 heteroatoms. The zero-order valence-electron chi connectivity index (χ0n) is 13.1. The van der Waals surface area contributed by atoms with Crippen molar-refractivity contribution in [3.63, 3.8) is 0 Å². The van der Waals surface area contributed by atoms with Gasteiger partial charge in [0.05, 0.1) is 6.42 Å². The number of aromatic nitrogens is 3. The average molecular weight is 277 g/mol. The maximum Gasteiger partial charge on any atom is 0.146 e. The molecule has 0 bridgehead atoms. The Balaban J connectivity index is 2.10. The van der Waals surface area contributed by atoms with Crippen molar-refractivity contribution >= 4 is 5.78 Å². The summed E-state index contributed by atoms with van der Waals surface area (Å²) in [4.78, 5) is 17.1. The lowest BCUT2D eigenvalue weighted by atomic mass is 9.74. The number of hydrogen-bond donors (Lipinski definition) is 0. The molecule has 112 valence electrons. The van der Waals surface area contributed by atoms with E-state index >= 15 is 0 Å². The molecule has 0 amide bonds. The molecular weight excluding hydrogens is 250 g/mol. The van der Waals surface area contributed by atoms with Gasteiger partial charge in [-0.25, -0.2) is 9.67 Å². The van der Waals surface area contributed by atoms with E-state index in [0.29, 0.717) is 18.1 Å². The van der Waals surface area contributed by atoms with E-state index in [0.717, 1.165) is 38.1 Å². The molecule has 1 aliphatic rings. The highest BCUT2D eigenvalue weighted by Crippen LogP contribution is 2.44. The Hall–Kier alpha value is -1.19. The van der Waals surface area contributed by atoms with Crippen LogP contribution in [-0.2, 0) is 17.8 Å². The van der Waals surface area contributed by atoms with Gasteiger partial charge >= 0.3 is 0 Å². The summed E-state index contributed by atoms with van der Waals surface area (Å²) in [5.74, 6) is 1.80. The molecule has 0 aliphatic heterocycles. The summed E-state index contributed by atoms with van der Waals surface area (Å²) in [6.45, 7) is 7.39. The van der Waals surface area contributed by atoms with Gasteiger partial charge < -0.3 is 0 Å². The van der Waals surface area contributed by atoms with E-state index in [2.05, 4.69) is 30.9 Å². The Bertz CT molecular complexity index is 444. The summed E-state index contributed by atoms with van der Waals surface area (Å²) in [5.41, 5.74) is -0.0861. The van der Waals surface area contributed by atoms with Crippen molar-refractivity contribution in [2.24, 2.45) is 11.3 Å². The number of carbonyl (C=O) groups excluding carboxylic acids is 1. The van der Waals surface area contributed by atoms with Crippen LogP contribution in [0.15, 0.2) is 6.33 Å². The Kier molecular flexibility index (Phi) is 4.95. The van der Waals surface area contributed by atoms with Gasteiger partial charge in [0, 0.05) is 12.0 Å². The summed E-state index contributed by atoms with van der Waals surface area (Å²) in [6, 6.07) is 0. The van der Waals surface area contributed by atoms with Gasteiger partial charge in [-0.2, -0.15) is 5.10 Å². The zero-order valence-corrected chi connectivity index (χ0v) is 13.1. The van der Waals surface area contributed by atoms with Crippen molar-refractivity contribution in [3.8, 4) is 0 Å². The molecule has 0 spiro atoms. The quantitative estimate of drug-likeness (QED) is 0.767. The number of ketones is 1. The fourth-order valence-electron chi connectivity index (χ4n) is 3.58. The summed E-state index contributed by atoms with van der Waals surface area (Å²) in [6.07, 6.45) is 8.57. The normalized spacial score (nSPS) is 17.8. The molecule has 0 unspecified atom stereocenters. The highest BCUT2D eigenvalue weighted by Gasteiger charge is 2.41. The number of hydrogen-bond acceptors (Lipinski definition) is 3. The highest BCUT2D eigenvalue weighted by molar-refractivity contribution is 5.86. The second-order valence-corrected chi connectivity index (χ2v) is 6.58. The highest BCUT2D eigenvalue weighted by atomic mass is 16.1. The van der Waals surface area contributed by atoms with Crippen LogP contribution in [0.5, 0.6) is 0 Å². The van der Waals surface area contributed by atoms with Crippen molar-refractivity contribution in [1.29, 1.82) is 0 Å². The minimum atomic E-state index is -0.0861. The van der Waals surface area contributed by atoms with Crippen LogP contribution >= 0.6 is 0 Å². The van der Waals surface area contributed by atoms with Crippen LogP contribution in [0.1, 0.15) is 65.1 Å². The van der Waals surface area contributed by atoms with Gasteiger partial charge in [-0.1, -0.05) is 33.6 Å². The smallest absolute Gasteiger partial charge is 0.146 e. The third kappa shape index (κ3) is 3.28. The summed E-state index contributed by atoms with van der Waals surface area (Å²) < 4.78 is 1.88. The van der Waals surface area contributed by atoms with Crippen LogP contribution in [0.3, 0.4) is 0 Å². The van der Waals surface area contributed by atoms with E-state index < -0.39 is 0 Å². The van der Waals surface area contributed by atoms with Crippen LogP contribution < -0.4 is 0 Å². The lowest BCUT2D eigenvalue weighted by Gasteiger charge is -2.29. The van der Waals surface area contributed by atoms with Crippen LogP contribution in [0, 0.1) is 11.3 Å². The largest absolute Gasteiger partial charge is 0.299 e. The minimum Gasteiger partial charge on any atom is -0.299 e. The lowest BCUT2D eigenvalue weighted by Crippen LogP contribution is -2.32. The van der Waals surface area contributed by atoms with Crippen molar-refractivity contribution in [2.45, 2.75) is 72.3 Å². The lowest BCUT2D eigenvalue weighted by molar-refractivity contribution is -0.129. The zero-order chi connectivity index (χ0) is 14.6. The van der Waals surface area contributed by atoms with Crippen LogP contribution in [-0.4, -0.2) is 20.5 Å². The first-order chi connectivity index (χ1) is 9.57. The second kappa shape index (κ2) is 6.51. The SMILES string of the molecule is CCCn1ncnc1CC(=O)C1(CC(C)C)CCCC1. The minimum absolute atomic E-state index is 0.0861. The molecule has 0 aromatic carbocycles. The van der Waals surface area contributed by atoms with Crippen molar-refractivity contribution in [3.05, 3.63) is 12.2 Å². The molecule has 1 aromatic rings. The van der Waals surface area contributed by atoms with E-state index in [1.807, 2.05) is 4.68 Å². The Morgan fingerprint density at radius 1 is 1.40 bits per heavy atom. The summed E-state index contributed by atoms with van der Waals surface area (Å²) in [7, 11) is 0. The van der Waals surface area contributed by atoms with Gasteiger partial charge in [0.1, 0.15) is 17.9 Å². The van der Waals surface area contributed by atoms with E-state index in [4.69, 9.17) is 0 Å². The molecule has 0 saturated heterocycles. The number of Topliss-reactive ketones (excluding diaryl/α,β-unsaturated/α-hetero) is 1. The number of carbonyl (C=O) groups is 1. The van der Waals surface area contributed by atoms with Crippen LogP contribution in [0.4, 0.5) is 0 Å². The fourth-order valence-corrected chi connectivity index (χ4v) is 3.58. The molecular formula is C16H27N3O. The third-order valence-electron chi connectivity index (χ3n) is 4.40. The molecule has 1 aromatic heterocycles. The van der Waals surface area contributed by atoms with Crippen LogP contribution in [0.25, 0.3) is 0 Å². The summed E-state index contributed by atoms with van der Waals surface area (Å²) in [5, 5.41) is 4.22. The molecule has 2 rings (SSSR count). The molecule has 1 fully saturated rings. The van der Waals surface area contributed by atoms with Crippen molar-refractivity contribution in [1.82, 2.24) is 14.8 Å². The number of nitrogens with zero attached hydrogens (tertiary/aromatic N) is 3. The monoisotopic (exact) mass is 277 g/mol. The first-order valence-corrected chi connectivity index (χ1v) is 7.97. The van der Waals surface area contributed by atoms with E-state index in [1.165, 1.54) is 12.8 Å². The van der Waals surface area contributed by atoms with Gasteiger partial charge in [-0.15, -0.1) is 0 Å². The summed E-state index contributed by atoms with van der Waals surface area (Å²) >= 11 is 0. The molecule has 1 saturated carbocycles. The van der Waals surface area contributed by atoms with Gasteiger partial charge in [-0.3, -0.25) is 4.79 Å². The van der Waals surface area contributed by atoms with E-state index in [1.54, 1.807) is 6.33 Å². The van der Waals surface area contributed by atoms with Crippen molar-refractivity contribution < 1.29 is 4.79 Å². The molecule has 20 heavy (non-hydrogen) atoms. The Morgan fingerprint density at radius 2 is 2.10 bits per heavy atom.